The van der Waals surface area contributed by atoms with Gasteiger partial charge in [-0.2, -0.15) is 0 Å². The zero-order valence-electron chi connectivity index (χ0n) is 12.6. The van der Waals surface area contributed by atoms with Gasteiger partial charge >= 0.3 is 0 Å². The fraction of sp³-hybridized carbons (Fsp3) is 0.647. The molecule has 20 heavy (non-hydrogen) atoms. The molecule has 0 radical (unpaired) electrons. The predicted molar refractivity (Wildman–Crippen MR) is 83.3 cm³/mol. The van der Waals surface area contributed by atoms with E-state index < -0.39 is 0 Å². The molecule has 1 aromatic carbocycles. The Labute approximate surface area is 122 Å². The first-order valence-electron chi connectivity index (χ1n) is 8.02. The Kier molecular flexibility index (Phi) is 6.51. The van der Waals surface area contributed by atoms with Crippen LogP contribution in [0.15, 0.2) is 24.3 Å². The average molecular weight is 276 g/mol. The van der Waals surface area contributed by atoms with Crippen LogP contribution in [0.5, 0.6) is 0 Å². The lowest BCUT2D eigenvalue weighted by molar-refractivity contribution is 0.0126. The van der Waals surface area contributed by atoms with Crippen LogP contribution >= 0.6 is 0 Å². The maximum Gasteiger partial charge on any atom is 0.0994 e. The van der Waals surface area contributed by atoms with E-state index in [2.05, 4.69) is 36.6 Å². The molecule has 0 saturated carbocycles. The number of hydrogen-bond donors (Lipinski definition) is 2. The lowest BCUT2D eigenvalue weighted by atomic mass is 9.91. The van der Waals surface area contributed by atoms with Gasteiger partial charge in [0.05, 0.1) is 18.8 Å². The topological polar surface area (TPSA) is 47.3 Å². The van der Waals surface area contributed by atoms with E-state index in [1.165, 1.54) is 43.2 Å². The monoisotopic (exact) mass is 276 g/mol. The Balaban J connectivity index is 1.91. The van der Waals surface area contributed by atoms with Crippen LogP contribution in [0, 0.1) is 0 Å². The molecule has 1 aromatic rings. The van der Waals surface area contributed by atoms with Gasteiger partial charge in [0.15, 0.2) is 0 Å². The second kappa shape index (κ2) is 8.40. The molecule has 2 rings (SSSR count). The number of nitrogens with one attached hydrogen (secondary N) is 1. The van der Waals surface area contributed by atoms with E-state index in [1.54, 1.807) is 0 Å². The third-order valence-corrected chi connectivity index (χ3v) is 4.23. The Bertz CT molecular complexity index is 394. The smallest absolute Gasteiger partial charge is 0.0994 e. The van der Waals surface area contributed by atoms with Crippen molar-refractivity contribution in [1.29, 1.82) is 0 Å². The molecule has 3 N–H and O–H groups in total. The molecular weight excluding hydrogens is 248 g/mol. The molecule has 0 aromatic heterocycles. The van der Waals surface area contributed by atoms with Crippen molar-refractivity contribution in [3.63, 3.8) is 0 Å². The van der Waals surface area contributed by atoms with E-state index in [9.17, 15) is 0 Å². The van der Waals surface area contributed by atoms with Gasteiger partial charge in [-0.25, -0.2) is 0 Å². The van der Waals surface area contributed by atoms with Crippen LogP contribution in [-0.4, -0.2) is 12.6 Å². The van der Waals surface area contributed by atoms with Gasteiger partial charge in [-0.3, -0.25) is 11.3 Å². The number of unbranched alkanes of at least 4 members (excludes halogenated alkanes) is 4. The maximum atomic E-state index is 5.99. The largest absolute Gasteiger partial charge is 0.371 e. The zero-order chi connectivity index (χ0) is 14.2. The molecule has 0 spiro atoms. The second-order valence-electron chi connectivity index (χ2n) is 5.72. The van der Waals surface area contributed by atoms with E-state index in [4.69, 9.17) is 10.6 Å². The van der Waals surface area contributed by atoms with Gasteiger partial charge in [-0.05, 0) is 24.0 Å². The molecule has 1 aliphatic heterocycles. The lowest BCUT2D eigenvalue weighted by Crippen LogP contribution is -2.42. The molecule has 2 unspecified atom stereocenters. The molecule has 1 aliphatic rings. The summed E-state index contributed by atoms with van der Waals surface area (Å²) < 4.78 is 5.99. The first kappa shape index (κ1) is 15.5. The van der Waals surface area contributed by atoms with Crippen molar-refractivity contribution in [3.05, 3.63) is 35.4 Å². The molecule has 2 atom stereocenters. The van der Waals surface area contributed by atoms with Crippen molar-refractivity contribution in [1.82, 2.24) is 5.43 Å². The van der Waals surface area contributed by atoms with Crippen LogP contribution in [0.4, 0.5) is 0 Å². The minimum atomic E-state index is 0.108. The fourth-order valence-corrected chi connectivity index (χ4v) is 3.05. The van der Waals surface area contributed by atoms with Crippen molar-refractivity contribution >= 4 is 0 Å². The molecule has 0 bridgehead atoms. The average Bonchev–Trinajstić information content (AvgIpc) is 2.51. The highest BCUT2D eigenvalue weighted by Crippen LogP contribution is 2.31. The first-order valence-corrected chi connectivity index (χ1v) is 8.02. The number of hydrogen-bond acceptors (Lipinski definition) is 3. The van der Waals surface area contributed by atoms with Crippen LogP contribution in [0.1, 0.15) is 62.7 Å². The molecule has 3 heteroatoms. The van der Waals surface area contributed by atoms with Gasteiger partial charge < -0.3 is 4.74 Å². The van der Waals surface area contributed by atoms with E-state index >= 15 is 0 Å². The summed E-state index contributed by atoms with van der Waals surface area (Å²) in [4.78, 5) is 0. The summed E-state index contributed by atoms with van der Waals surface area (Å²) >= 11 is 0. The van der Waals surface area contributed by atoms with Gasteiger partial charge in [0, 0.05) is 0 Å². The fourth-order valence-electron chi connectivity index (χ4n) is 3.05. The highest BCUT2D eigenvalue weighted by molar-refractivity contribution is 5.31. The van der Waals surface area contributed by atoms with Crippen LogP contribution in [-0.2, 0) is 11.2 Å². The summed E-state index contributed by atoms with van der Waals surface area (Å²) in [5.74, 6) is 5.77. The summed E-state index contributed by atoms with van der Waals surface area (Å²) in [6.07, 6.45) is 8.67. The molecule has 0 fully saturated rings. The Morgan fingerprint density at radius 1 is 1.25 bits per heavy atom. The predicted octanol–water partition coefficient (Wildman–Crippen LogP) is 3.49. The van der Waals surface area contributed by atoms with Crippen LogP contribution in [0.2, 0.25) is 0 Å². The van der Waals surface area contributed by atoms with Crippen LogP contribution in [0.25, 0.3) is 0 Å². The van der Waals surface area contributed by atoms with Gasteiger partial charge in [-0.1, -0.05) is 63.3 Å². The standard InChI is InChI=1S/C17H28N2O/c1-2-3-4-5-6-11-16(19-18)17-15-10-8-7-9-14(15)12-13-20-17/h7-10,16-17,19H,2-6,11-13,18H2,1H3. The Morgan fingerprint density at radius 2 is 2.05 bits per heavy atom. The number of ether oxygens (including phenoxy) is 1. The van der Waals surface area contributed by atoms with Crippen LogP contribution < -0.4 is 11.3 Å². The summed E-state index contributed by atoms with van der Waals surface area (Å²) in [5.41, 5.74) is 5.71. The normalized spacial score (nSPS) is 19.6. The number of nitrogens with two attached hydrogens (primary N) is 1. The summed E-state index contributed by atoms with van der Waals surface area (Å²) in [6, 6.07) is 8.81. The molecule has 112 valence electrons. The Hall–Kier alpha value is -0.900. The maximum absolute atomic E-state index is 5.99. The molecular formula is C17H28N2O. The number of benzene rings is 1. The zero-order valence-corrected chi connectivity index (χ0v) is 12.6. The van der Waals surface area contributed by atoms with Gasteiger partial charge in [0.25, 0.3) is 0 Å². The van der Waals surface area contributed by atoms with Gasteiger partial charge in [-0.15, -0.1) is 0 Å². The quantitative estimate of drug-likeness (QED) is 0.434. The minimum absolute atomic E-state index is 0.108. The van der Waals surface area contributed by atoms with Crippen molar-refractivity contribution in [2.45, 2.75) is 64.0 Å². The molecule has 0 saturated heterocycles. The van der Waals surface area contributed by atoms with Crippen molar-refractivity contribution in [2.75, 3.05) is 6.61 Å². The minimum Gasteiger partial charge on any atom is -0.371 e. The molecule has 0 aliphatic carbocycles. The summed E-state index contributed by atoms with van der Waals surface area (Å²) in [7, 11) is 0. The van der Waals surface area contributed by atoms with Gasteiger partial charge in [0.1, 0.15) is 0 Å². The van der Waals surface area contributed by atoms with Gasteiger partial charge in [0.2, 0.25) is 0 Å². The number of fused-ring (bicyclic) bond motifs is 1. The number of hydrazine groups is 1. The third kappa shape index (κ3) is 4.05. The highest BCUT2D eigenvalue weighted by atomic mass is 16.5. The van der Waals surface area contributed by atoms with E-state index in [-0.39, 0.29) is 12.1 Å². The van der Waals surface area contributed by atoms with E-state index in [1.807, 2.05) is 0 Å². The summed E-state index contributed by atoms with van der Waals surface area (Å²) in [6.45, 7) is 3.05. The van der Waals surface area contributed by atoms with Crippen molar-refractivity contribution < 1.29 is 4.74 Å². The second-order valence-corrected chi connectivity index (χ2v) is 5.72. The summed E-state index contributed by atoms with van der Waals surface area (Å²) in [5, 5.41) is 0. The lowest BCUT2D eigenvalue weighted by Gasteiger charge is -2.32. The number of rotatable bonds is 8. The molecule has 0 amide bonds. The Morgan fingerprint density at radius 3 is 2.85 bits per heavy atom. The first-order chi connectivity index (χ1) is 9.86. The molecule has 3 nitrogen and oxygen atoms in total. The van der Waals surface area contributed by atoms with Crippen molar-refractivity contribution in [3.8, 4) is 0 Å². The van der Waals surface area contributed by atoms with E-state index in [0.717, 1.165) is 19.4 Å². The van der Waals surface area contributed by atoms with Crippen LogP contribution in [0.3, 0.4) is 0 Å². The highest BCUT2D eigenvalue weighted by Gasteiger charge is 2.27. The SMILES string of the molecule is CCCCCCCC(NN)C1OCCc2ccccc21. The molecule has 1 heterocycles. The van der Waals surface area contributed by atoms with Crippen molar-refractivity contribution in [2.24, 2.45) is 5.84 Å². The third-order valence-electron chi connectivity index (χ3n) is 4.23. The van der Waals surface area contributed by atoms with E-state index in [0.29, 0.717) is 0 Å².